The van der Waals surface area contributed by atoms with Gasteiger partial charge in [0.25, 0.3) is 0 Å². The quantitative estimate of drug-likeness (QED) is 0.704. The van der Waals surface area contributed by atoms with Crippen LogP contribution in [0.5, 0.6) is 0 Å². The van der Waals surface area contributed by atoms with Gasteiger partial charge in [-0.2, -0.15) is 0 Å². The number of hydrogen-bond acceptors (Lipinski definition) is 1. The summed E-state index contributed by atoms with van der Waals surface area (Å²) in [5.41, 5.74) is 1.86. The molecule has 0 aromatic heterocycles. The van der Waals surface area contributed by atoms with Gasteiger partial charge in [0.2, 0.25) is 0 Å². The number of halogens is 1. The van der Waals surface area contributed by atoms with Crippen molar-refractivity contribution in [2.45, 2.75) is 26.8 Å². The van der Waals surface area contributed by atoms with E-state index in [0.29, 0.717) is 6.54 Å². The molecule has 0 heterocycles. The van der Waals surface area contributed by atoms with Crippen molar-refractivity contribution in [3.8, 4) is 0 Å². The molecular formula is C11H16FN. The Balaban J connectivity index is 2.59. The number of aryl methyl sites for hydroxylation is 1. The highest BCUT2D eigenvalue weighted by molar-refractivity contribution is 5.23. The Bertz CT molecular complexity index is 271. The lowest BCUT2D eigenvalue weighted by Gasteiger charge is -2.05. The third kappa shape index (κ3) is 3.15. The monoisotopic (exact) mass is 181 g/mol. The zero-order chi connectivity index (χ0) is 9.68. The molecule has 0 aliphatic heterocycles. The molecule has 72 valence electrons. The van der Waals surface area contributed by atoms with Crippen LogP contribution in [-0.2, 0) is 6.54 Å². The molecule has 0 aliphatic rings. The zero-order valence-electron chi connectivity index (χ0n) is 8.23. The lowest BCUT2D eigenvalue weighted by atomic mass is 10.1. The summed E-state index contributed by atoms with van der Waals surface area (Å²) in [5.74, 6) is -0.116. The van der Waals surface area contributed by atoms with Crippen molar-refractivity contribution in [3.63, 3.8) is 0 Å². The van der Waals surface area contributed by atoms with Gasteiger partial charge < -0.3 is 5.32 Å². The van der Waals surface area contributed by atoms with Crippen LogP contribution in [0.15, 0.2) is 18.2 Å². The first kappa shape index (κ1) is 10.2. The van der Waals surface area contributed by atoms with E-state index in [4.69, 9.17) is 0 Å². The molecule has 0 spiro atoms. The lowest BCUT2D eigenvalue weighted by molar-refractivity contribution is 0.586. The number of benzene rings is 1. The molecule has 0 bridgehead atoms. The normalized spacial score (nSPS) is 10.4. The Hall–Kier alpha value is -0.890. The van der Waals surface area contributed by atoms with Crippen LogP contribution in [0, 0.1) is 12.7 Å². The summed E-state index contributed by atoms with van der Waals surface area (Å²) in [4.78, 5) is 0. The fourth-order valence-electron chi connectivity index (χ4n) is 1.24. The van der Waals surface area contributed by atoms with Gasteiger partial charge in [0, 0.05) is 12.1 Å². The van der Waals surface area contributed by atoms with Gasteiger partial charge in [0.1, 0.15) is 5.82 Å². The van der Waals surface area contributed by atoms with Gasteiger partial charge >= 0.3 is 0 Å². The van der Waals surface area contributed by atoms with Crippen LogP contribution in [0.25, 0.3) is 0 Å². The van der Waals surface area contributed by atoms with Crippen LogP contribution in [0.2, 0.25) is 0 Å². The Kier molecular flexibility index (Phi) is 3.90. The van der Waals surface area contributed by atoms with E-state index in [0.717, 1.165) is 24.1 Å². The first-order chi connectivity index (χ1) is 6.24. The van der Waals surface area contributed by atoms with Crippen molar-refractivity contribution < 1.29 is 4.39 Å². The molecule has 1 aromatic rings. The van der Waals surface area contributed by atoms with Gasteiger partial charge in [0.05, 0.1) is 0 Å². The van der Waals surface area contributed by atoms with Gasteiger partial charge in [0.15, 0.2) is 0 Å². The molecule has 0 unspecified atom stereocenters. The first-order valence-electron chi connectivity index (χ1n) is 4.69. The van der Waals surface area contributed by atoms with Crippen molar-refractivity contribution in [1.29, 1.82) is 0 Å². The van der Waals surface area contributed by atoms with E-state index >= 15 is 0 Å². The Morgan fingerprint density at radius 3 is 2.85 bits per heavy atom. The minimum absolute atomic E-state index is 0.116. The molecule has 0 radical (unpaired) electrons. The molecule has 1 N–H and O–H groups in total. The summed E-state index contributed by atoms with van der Waals surface area (Å²) in [6.45, 7) is 5.64. The fourth-order valence-corrected chi connectivity index (χ4v) is 1.24. The first-order valence-corrected chi connectivity index (χ1v) is 4.69. The van der Waals surface area contributed by atoms with Crippen LogP contribution in [0.4, 0.5) is 4.39 Å². The van der Waals surface area contributed by atoms with Gasteiger partial charge in [-0.3, -0.25) is 0 Å². The highest BCUT2D eigenvalue weighted by Crippen LogP contribution is 2.09. The van der Waals surface area contributed by atoms with Crippen LogP contribution < -0.4 is 5.32 Å². The van der Waals surface area contributed by atoms with Crippen LogP contribution >= 0.6 is 0 Å². The standard InChI is InChI=1S/C11H16FN/c1-3-6-13-8-10-7-9(2)4-5-11(10)12/h4-5,7,13H,3,6,8H2,1-2H3. The second-order valence-electron chi connectivity index (χ2n) is 3.27. The average Bonchev–Trinajstić information content (AvgIpc) is 2.11. The predicted molar refractivity (Wildman–Crippen MR) is 53.1 cm³/mol. The van der Waals surface area contributed by atoms with Crippen molar-refractivity contribution >= 4 is 0 Å². The van der Waals surface area contributed by atoms with Gasteiger partial charge in [-0.1, -0.05) is 24.6 Å². The zero-order valence-corrected chi connectivity index (χ0v) is 8.23. The van der Waals surface area contributed by atoms with Gasteiger partial charge in [-0.25, -0.2) is 4.39 Å². The molecule has 1 aromatic carbocycles. The molecule has 0 saturated heterocycles. The largest absolute Gasteiger partial charge is 0.313 e. The molecule has 2 heteroatoms. The second kappa shape index (κ2) is 4.97. The van der Waals surface area contributed by atoms with Gasteiger partial charge in [-0.15, -0.1) is 0 Å². The van der Waals surface area contributed by atoms with E-state index in [-0.39, 0.29) is 5.82 Å². The average molecular weight is 181 g/mol. The van der Waals surface area contributed by atoms with Crippen molar-refractivity contribution in [3.05, 3.63) is 35.1 Å². The van der Waals surface area contributed by atoms with Gasteiger partial charge in [-0.05, 0) is 26.0 Å². The maximum Gasteiger partial charge on any atom is 0.127 e. The molecule has 13 heavy (non-hydrogen) atoms. The minimum atomic E-state index is -0.116. The summed E-state index contributed by atoms with van der Waals surface area (Å²) >= 11 is 0. The summed E-state index contributed by atoms with van der Waals surface area (Å²) in [6.07, 6.45) is 1.08. The van der Waals surface area contributed by atoms with E-state index in [1.807, 2.05) is 13.0 Å². The van der Waals surface area contributed by atoms with Crippen LogP contribution in [0.1, 0.15) is 24.5 Å². The maximum atomic E-state index is 13.2. The Morgan fingerprint density at radius 2 is 2.15 bits per heavy atom. The molecule has 0 amide bonds. The lowest BCUT2D eigenvalue weighted by Crippen LogP contribution is -2.14. The summed E-state index contributed by atoms with van der Waals surface area (Å²) in [6, 6.07) is 5.20. The molecular weight excluding hydrogens is 165 g/mol. The van der Waals surface area contributed by atoms with Crippen molar-refractivity contribution in [1.82, 2.24) is 5.32 Å². The van der Waals surface area contributed by atoms with E-state index in [1.54, 1.807) is 6.07 Å². The predicted octanol–water partition coefficient (Wildman–Crippen LogP) is 2.63. The number of hydrogen-bond donors (Lipinski definition) is 1. The van der Waals surface area contributed by atoms with E-state index in [2.05, 4.69) is 12.2 Å². The molecule has 0 saturated carbocycles. The summed E-state index contributed by atoms with van der Waals surface area (Å²) in [5, 5.41) is 3.18. The van der Waals surface area contributed by atoms with Crippen molar-refractivity contribution in [2.75, 3.05) is 6.54 Å². The highest BCUT2D eigenvalue weighted by Gasteiger charge is 2.00. The molecule has 1 rings (SSSR count). The fraction of sp³-hybridized carbons (Fsp3) is 0.455. The Labute approximate surface area is 79.0 Å². The third-order valence-electron chi connectivity index (χ3n) is 1.94. The third-order valence-corrected chi connectivity index (χ3v) is 1.94. The topological polar surface area (TPSA) is 12.0 Å². The van der Waals surface area contributed by atoms with Crippen molar-refractivity contribution in [2.24, 2.45) is 0 Å². The second-order valence-corrected chi connectivity index (χ2v) is 3.27. The van der Waals surface area contributed by atoms with E-state index < -0.39 is 0 Å². The maximum absolute atomic E-state index is 13.2. The smallest absolute Gasteiger partial charge is 0.127 e. The number of nitrogens with one attached hydrogen (secondary N) is 1. The van der Waals surface area contributed by atoms with E-state index in [9.17, 15) is 4.39 Å². The highest BCUT2D eigenvalue weighted by atomic mass is 19.1. The number of rotatable bonds is 4. The van der Waals surface area contributed by atoms with E-state index in [1.165, 1.54) is 6.07 Å². The molecule has 1 nitrogen and oxygen atoms in total. The summed E-state index contributed by atoms with van der Waals surface area (Å²) < 4.78 is 13.2. The SMILES string of the molecule is CCCNCc1cc(C)ccc1F. The molecule has 0 fully saturated rings. The minimum Gasteiger partial charge on any atom is -0.313 e. The van der Waals surface area contributed by atoms with Crippen LogP contribution in [-0.4, -0.2) is 6.54 Å². The Morgan fingerprint density at radius 1 is 1.38 bits per heavy atom. The van der Waals surface area contributed by atoms with Crippen LogP contribution in [0.3, 0.4) is 0 Å². The molecule has 0 aliphatic carbocycles. The molecule has 0 atom stereocenters. The summed E-state index contributed by atoms with van der Waals surface area (Å²) in [7, 11) is 0.